The molecule has 1 fully saturated rings. The molecular formula is C24H28FN3O4. The van der Waals surface area contributed by atoms with Crippen molar-refractivity contribution < 1.29 is 23.5 Å². The monoisotopic (exact) mass is 441 g/mol. The average molecular weight is 442 g/mol. The molecule has 170 valence electrons. The lowest BCUT2D eigenvalue weighted by molar-refractivity contribution is -0.134. The topological polar surface area (TPSA) is 62.3 Å². The Morgan fingerprint density at radius 3 is 2.47 bits per heavy atom. The Bertz CT molecular complexity index is 962. The van der Waals surface area contributed by atoms with Crippen molar-refractivity contribution in [1.82, 2.24) is 14.7 Å². The third-order valence-electron chi connectivity index (χ3n) is 5.83. The van der Waals surface area contributed by atoms with Crippen molar-refractivity contribution in [3.8, 4) is 5.75 Å². The minimum Gasteiger partial charge on any atom is -0.484 e. The largest absolute Gasteiger partial charge is 0.484 e. The number of hydrogen-bond donors (Lipinski definition) is 0. The molecule has 7 nitrogen and oxygen atoms in total. The number of hydrogen-bond acceptors (Lipinski definition) is 5. The molecule has 2 aromatic carbocycles. The van der Waals surface area contributed by atoms with Crippen molar-refractivity contribution in [2.24, 2.45) is 0 Å². The van der Waals surface area contributed by atoms with Crippen molar-refractivity contribution in [2.45, 2.75) is 19.6 Å². The first-order chi connectivity index (χ1) is 15.5. The summed E-state index contributed by atoms with van der Waals surface area (Å²) in [6, 6.07) is 14.3. The fourth-order valence-electron chi connectivity index (χ4n) is 4.14. The third kappa shape index (κ3) is 5.02. The lowest BCUT2D eigenvalue weighted by Crippen LogP contribution is -2.52. The van der Waals surface area contributed by atoms with Gasteiger partial charge in [0, 0.05) is 50.4 Å². The van der Waals surface area contributed by atoms with Crippen LogP contribution in [0.15, 0.2) is 48.5 Å². The molecule has 2 aliphatic rings. The zero-order valence-electron chi connectivity index (χ0n) is 18.2. The lowest BCUT2D eigenvalue weighted by atomic mass is 10.1. The second-order valence-electron chi connectivity index (χ2n) is 7.97. The van der Waals surface area contributed by atoms with Gasteiger partial charge in [-0.05, 0) is 19.1 Å². The molecule has 4 rings (SSSR count). The van der Waals surface area contributed by atoms with Gasteiger partial charge in [0.15, 0.2) is 0 Å². The Balaban J connectivity index is 1.45. The number of amides is 2. The number of fused-ring (bicyclic) bond motifs is 1. The Hall–Kier alpha value is -3.13. The summed E-state index contributed by atoms with van der Waals surface area (Å²) in [4.78, 5) is 30.3. The van der Waals surface area contributed by atoms with Gasteiger partial charge in [-0.25, -0.2) is 9.18 Å². The van der Waals surface area contributed by atoms with E-state index in [2.05, 4.69) is 0 Å². The molecule has 1 atom stereocenters. The van der Waals surface area contributed by atoms with Gasteiger partial charge < -0.3 is 19.3 Å². The van der Waals surface area contributed by atoms with Gasteiger partial charge in [0.2, 0.25) is 5.91 Å². The number of nitrogens with zero attached hydrogens (tertiary/aromatic N) is 3. The lowest BCUT2D eigenvalue weighted by Gasteiger charge is -2.35. The van der Waals surface area contributed by atoms with Gasteiger partial charge in [-0.15, -0.1) is 0 Å². The number of ether oxygens (including phenoxy) is 2. The molecule has 1 saturated heterocycles. The van der Waals surface area contributed by atoms with E-state index in [9.17, 15) is 14.0 Å². The number of rotatable bonds is 4. The number of piperazine rings is 1. The van der Waals surface area contributed by atoms with Gasteiger partial charge in [-0.3, -0.25) is 9.69 Å². The quantitative estimate of drug-likeness (QED) is 0.730. The first kappa shape index (κ1) is 22.1. The predicted molar refractivity (Wildman–Crippen MR) is 117 cm³/mol. The molecule has 32 heavy (non-hydrogen) atoms. The van der Waals surface area contributed by atoms with Crippen molar-refractivity contribution in [3.63, 3.8) is 0 Å². The SMILES string of the molecule is CCOC(=O)N1CCN(C(=O)CN2Cc3ccccc3OC(c3ccccc3F)C2)CC1. The van der Waals surface area contributed by atoms with Crippen LogP contribution in [0.25, 0.3) is 0 Å². The van der Waals surface area contributed by atoms with E-state index >= 15 is 0 Å². The molecule has 0 spiro atoms. The molecule has 0 saturated carbocycles. The molecule has 0 aromatic heterocycles. The zero-order valence-corrected chi connectivity index (χ0v) is 18.2. The normalized spacial score (nSPS) is 19.0. The van der Waals surface area contributed by atoms with Gasteiger partial charge in [-0.2, -0.15) is 0 Å². The summed E-state index contributed by atoms with van der Waals surface area (Å²) in [5.41, 5.74) is 1.44. The summed E-state index contributed by atoms with van der Waals surface area (Å²) in [7, 11) is 0. The van der Waals surface area contributed by atoms with Crippen LogP contribution in [0.5, 0.6) is 5.75 Å². The van der Waals surface area contributed by atoms with Gasteiger partial charge in [0.1, 0.15) is 17.7 Å². The van der Waals surface area contributed by atoms with Crippen molar-refractivity contribution in [1.29, 1.82) is 0 Å². The predicted octanol–water partition coefficient (Wildman–Crippen LogP) is 3.06. The van der Waals surface area contributed by atoms with E-state index in [1.54, 1.807) is 34.9 Å². The molecule has 0 N–H and O–H groups in total. The van der Waals surface area contributed by atoms with Crippen LogP contribution in [-0.4, -0.2) is 72.6 Å². The summed E-state index contributed by atoms with van der Waals surface area (Å²) in [5.74, 6) is 0.372. The van der Waals surface area contributed by atoms with Crippen molar-refractivity contribution in [2.75, 3.05) is 45.9 Å². The zero-order chi connectivity index (χ0) is 22.5. The fourth-order valence-corrected chi connectivity index (χ4v) is 4.14. The Labute approximate surface area is 187 Å². The van der Waals surface area contributed by atoms with Gasteiger partial charge in [0.05, 0.1) is 13.2 Å². The highest BCUT2D eigenvalue weighted by Gasteiger charge is 2.30. The Morgan fingerprint density at radius 1 is 1.03 bits per heavy atom. The van der Waals surface area contributed by atoms with Gasteiger partial charge in [0.25, 0.3) is 0 Å². The van der Waals surface area contributed by atoms with E-state index in [-0.39, 0.29) is 24.4 Å². The number of carbonyl (C=O) groups is 2. The molecule has 0 bridgehead atoms. The standard InChI is InChI=1S/C24H28FN3O4/c1-2-31-24(30)28-13-11-27(12-14-28)23(29)17-26-15-18-7-3-6-10-21(18)32-22(16-26)19-8-4-5-9-20(19)25/h3-10,22H,2,11-17H2,1H3. The van der Waals surface area contributed by atoms with E-state index in [1.807, 2.05) is 29.2 Å². The van der Waals surface area contributed by atoms with E-state index in [1.165, 1.54) is 6.07 Å². The van der Waals surface area contributed by atoms with E-state index in [4.69, 9.17) is 9.47 Å². The van der Waals surface area contributed by atoms with Crippen LogP contribution in [0, 0.1) is 5.82 Å². The fraction of sp³-hybridized carbons (Fsp3) is 0.417. The minimum absolute atomic E-state index is 0.0137. The highest BCUT2D eigenvalue weighted by molar-refractivity contribution is 5.78. The van der Waals surface area contributed by atoms with Crippen LogP contribution in [0.4, 0.5) is 9.18 Å². The van der Waals surface area contributed by atoms with Crippen LogP contribution >= 0.6 is 0 Å². The minimum atomic E-state index is -0.520. The van der Waals surface area contributed by atoms with Gasteiger partial charge in [-0.1, -0.05) is 36.4 Å². The summed E-state index contributed by atoms with van der Waals surface area (Å²) in [6.07, 6.45) is -0.859. The molecule has 8 heteroatoms. The van der Waals surface area contributed by atoms with Crippen LogP contribution in [0.2, 0.25) is 0 Å². The Kier molecular flexibility index (Phi) is 6.90. The maximum absolute atomic E-state index is 14.5. The van der Waals surface area contributed by atoms with Crippen LogP contribution < -0.4 is 4.74 Å². The number of para-hydroxylation sites is 1. The maximum atomic E-state index is 14.5. The summed E-state index contributed by atoms with van der Waals surface area (Å²) in [6.45, 7) is 5.07. The smallest absolute Gasteiger partial charge is 0.409 e. The highest BCUT2D eigenvalue weighted by Crippen LogP contribution is 2.32. The molecule has 2 amide bonds. The van der Waals surface area contributed by atoms with E-state index in [0.29, 0.717) is 57.2 Å². The molecular weight excluding hydrogens is 413 g/mol. The number of benzene rings is 2. The summed E-state index contributed by atoms with van der Waals surface area (Å²) in [5, 5.41) is 0. The van der Waals surface area contributed by atoms with Crippen molar-refractivity contribution in [3.05, 3.63) is 65.5 Å². The van der Waals surface area contributed by atoms with Crippen LogP contribution in [-0.2, 0) is 16.1 Å². The van der Waals surface area contributed by atoms with E-state index < -0.39 is 6.10 Å². The number of carbonyl (C=O) groups excluding carboxylic acids is 2. The van der Waals surface area contributed by atoms with Crippen molar-refractivity contribution >= 4 is 12.0 Å². The van der Waals surface area contributed by atoms with Crippen LogP contribution in [0.3, 0.4) is 0 Å². The molecule has 0 radical (unpaired) electrons. The van der Waals surface area contributed by atoms with Gasteiger partial charge >= 0.3 is 6.09 Å². The molecule has 2 heterocycles. The second kappa shape index (κ2) is 9.99. The molecule has 2 aliphatic heterocycles. The molecule has 2 aromatic rings. The first-order valence-corrected chi connectivity index (χ1v) is 11.0. The maximum Gasteiger partial charge on any atom is 0.409 e. The molecule has 0 aliphatic carbocycles. The Morgan fingerprint density at radius 2 is 1.72 bits per heavy atom. The molecule has 1 unspecified atom stereocenters. The first-order valence-electron chi connectivity index (χ1n) is 11.0. The summed E-state index contributed by atoms with van der Waals surface area (Å²) >= 11 is 0. The van der Waals surface area contributed by atoms with E-state index in [0.717, 1.165) is 5.56 Å². The summed E-state index contributed by atoms with van der Waals surface area (Å²) < 4.78 is 25.7. The number of halogens is 1. The second-order valence-corrected chi connectivity index (χ2v) is 7.97. The van der Waals surface area contributed by atoms with Crippen LogP contribution in [0.1, 0.15) is 24.2 Å². The highest BCUT2D eigenvalue weighted by atomic mass is 19.1. The third-order valence-corrected chi connectivity index (χ3v) is 5.83. The average Bonchev–Trinajstić information content (AvgIpc) is 2.98.